The van der Waals surface area contributed by atoms with Crippen LogP contribution in [0.25, 0.3) is 28.0 Å². The summed E-state index contributed by atoms with van der Waals surface area (Å²) < 4.78 is 6.82. The van der Waals surface area contributed by atoms with Gasteiger partial charge < -0.3 is 15.8 Å². The van der Waals surface area contributed by atoms with Gasteiger partial charge in [0.25, 0.3) is 0 Å². The predicted octanol–water partition coefficient (Wildman–Crippen LogP) is 3.43. The van der Waals surface area contributed by atoms with E-state index in [1.165, 1.54) is 0 Å². The molecule has 0 fully saturated rings. The van der Waals surface area contributed by atoms with Crippen molar-refractivity contribution in [3.8, 4) is 16.9 Å². The largest absolute Gasteiger partial charge is 0.383 e. The van der Waals surface area contributed by atoms with Crippen molar-refractivity contribution in [3.63, 3.8) is 0 Å². The van der Waals surface area contributed by atoms with Gasteiger partial charge in [-0.3, -0.25) is 0 Å². The number of nitrogens with two attached hydrogens (primary N) is 1. The molecular weight excluding hydrogens is 352 g/mol. The Bertz CT molecular complexity index is 1110. The fourth-order valence-corrected chi connectivity index (χ4v) is 3.12. The van der Waals surface area contributed by atoms with E-state index in [9.17, 15) is 0 Å². The average Bonchev–Trinajstić information content (AvgIpc) is 3.05. The molecule has 0 aliphatic carbocycles. The minimum atomic E-state index is 0.497. The van der Waals surface area contributed by atoms with Crippen LogP contribution in [0.15, 0.2) is 54.6 Å². The van der Waals surface area contributed by atoms with Gasteiger partial charge in [-0.25, -0.2) is 9.67 Å². The summed E-state index contributed by atoms with van der Waals surface area (Å²) in [4.78, 5) is 9.29. The molecule has 0 amide bonds. The van der Waals surface area contributed by atoms with Gasteiger partial charge in [-0.15, -0.1) is 5.10 Å². The van der Waals surface area contributed by atoms with Crippen molar-refractivity contribution in [2.24, 2.45) is 0 Å². The van der Waals surface area contributed by atoms with Crippen LogP contribution in [0, 0.1) is 6.92 Å². The first-order valence-corrected chi connectivity index (χ1v) is 9.09. The summed E-state index contributed by atoms with van der Waals surface area (Å²) in [6.07, 6.45) is 0. The lowest BCUT2D eigenvalue weighted by Crippen LogP contribution is -2.10. The van der Waals surface area contributed by atoms with Crippen LogP contribution < -0.4 is 11.1 Å². The molecule has 0 atom stereocenters. The summed E-state index contributed by atoms with van der Waals surface area (Å²) >= 11 is 0. The first kappa shape index (κ1) is 17.9. The Morgan fingerprint density at radius 1 is 1.07 bits per heavy atom. The number of aryl methyl sites for hydroxylation is 1. The third-order valence-corrected chi connectivity index (χ3v) is 4.45. The number of benzene rings is 2. The molecule has 0 aliphatic heterocycles. The lowest BCUT2D eigenvalue weighted by molar-refractivity contribution is 0.210. The highest BCUT2D eigenvalue weighted by Crippen LogP contribution is 2.32. The number of rotatable bonds is 6. The molecule has 7 nitrogen and oxygen atoms in total. The maximum atomic E-state index is 6.51. The van der Waals surface area contributed by atoms with Gasteiger partial charge in [0.15, 0.2) is 5.65 Å². The quantitative estimate of drug-likeness (QED) is 0.503. The summed E-state index contributed by atoms with van der Waals surface area (Å²) in [6, 6.07) is 18.0. The predicted molar refractivity (Wildman–Crippen MR) is 112 cm³/mol. The first-order chi connectivity index (χ1) is 13.7. The van der Waals surface area contributed by atoms with E-state index in [-0.39, 0.29) is 0 Å². The van der Waals surface area contributed by atoms with Crippen LogP contribution >= 0.6 is 0 Å². The number of nitrogens with one attached hydrogen (secondary N) is 1. The molecule has 7 heteroatoms. The van der Waals surface area contributed by atoms with E-state index in [0.29, 0.717) is 30.6 Å². The molecule has 142 valence electrons. The molecule has 0 spiro atoms. The highest BCUT2D eigenvalue weighted by atomic mass is 16.5. The summed E-state index contributed by atoms with van der Waals surface area (Å²) in [7, 11) is 1.66. The van der Waals surface area contributed by atoms with Gasteiger partial charge in [0.05, 0.1) is 23.4 Å². The Labute approximate surface area is 163 Å². The number of fused-ring (bicyclic) bond motifs is 1. The third kappa shape index (κ3) is 3.39. The molecule has 4 aromatic rings. The second-order valence-corrected chi connectivity index (χ2v) is 6.52. The zero-order chi connectivity index (χ0) is 19.5. The number of hydrogen-bond acceptors (Lipinski definition) is 6. The minimum Gasteiger partial charge on any atom is -0.383 e. The zero-order valence-corrected chi connectivity index (χ0v) is 15.9. The minimum absolute atomic E-state index is 0.497. The van der Waals surface area contributed by atoms with Crippen molar-refractivity contribution in [1.29, 1.82) is 0 Å². The lowest BCUT2D eigenvalue weighted by atomic mass is 10.1. The third-order valence-electron chi connectivity index (χ3n) is 4.45. The average molecular weight is 374 g/mol. The number of nitrogens with zero attached hydrogens (tertiary/aromatic N) is 4. The van der Waals surface area contributed by atoms with Crippen LogP contribution in [0.4, 0.5) is 11.8 Å². The molecule has 2 heterocycles. The Balaban J connectivity index is 1.91. The van der Waals surface area contributed by atoms with Crippen LogP contribution in [0.3, 0.4) is 0 Å². The van der Waals surface area contributed by atoms with Crippen LogP contribution in [0.1, 0.15) is 5.56 Å². The van der Waals surface area contributed by atoms with Gasteiger partial charge in [-0.1, -0.05) is 42.5 Å². The molecule has 0 saturated carbocycles. The first-order valence-electron chi connectivity index (χ1n) is 9.09. The van der Waals surface area contributed by atoms with Crippen molar-refractivity contribution in [1.82, 2.24) is 19.7 Å². The van der Waals surface area contributed by atoms with Gasteiger partial charge in [0.2, 0.25) is 5.95 Å². The molecule has 0 aliphatic rings. The smallest absolute Gasteiger partial charge is 0.225 e. The van der Waals surface area contributed by atoms with Gasteiger partial charge in [-0.2, -0.15) is 4.98 Å². The topological polar surface area (TPSA) is 90.9 Å². The number of hydrogen-bond donors (Lipinski definition) is 2. The van der Waals surface area contributed by atoms with E-state index in [4.69, 9.17) is 15.5 Å². The van der Waals surface area contributed by atoms with E-state index < -0.39 is 0 Å². The monoisotopic (exact) mass is 374 g/mol. The van der Waals surface area contributed by atoms with Crippen LogP contribution in [0.2, 0.25) is 0 Å². The molecule has 0 saturated heterocycles. The van der Waals surface area contributed by atoms with Crippen molar-refractivity contribution in [2.75, 3.05) is 31.3 Å². The van der Waals surface area contributed by atoms with Gasteiger partial charge in [0.1, 0.15) is 5.82 Å². The second kappa shape index (κ2) is 7.66. The standard InChI is InChI=1S/C21H22N6O/c1-14-7-6-10-16(13-14)27-19(22)17-18(15-8-4-3-5-9-15)24-21(23-11-12-28-2)25-20(17)26-27/h3-10,13H,11-12,22H2,1-2H3,(H,23,25,26). The van der Waals surface area contributed by atoms with E-state index in [1.54, 1.807) is 11.8 Å². The Hall–Kier alpha value is -3.45. The molecule has 0 radical (unpaired) electrons. The molecule has 2 aromatic heterocycles. The number of ether oxygens (including phenoxy) is 1. The molecule has 0 unspecified atom stereocenters. The Morgan fingerprint density at radius 2 is 1.89 bits per heavy atom. The number of methoxy groups -OCH3 is 1. The second-order valence-electron chi connectivity index (χ2n) is 6.52. The Morgan fingerprint density at radius 3 is 2.64 bits per heavy atom. The fourth-order valence-electron chi connectivity index (χ4n) is 3.12. The molecule has 2 aromatic carbocycles. The van der Waals surface area contributed by atoms with Crippen molar-refractivity contribution in [3.05, 3.63) is 60.2 Å². The molecule has 3 N–H and O–H groups in total. The number of anilines is 2. The molecule has 4 rings (SSSR count). The maximum Gasteiger partial charge on any atom is 0.225 e. The number of nitrogen functional groups attached to an aromatic ring is 1. The normalized spacial score (nSPS) is 11.1. The van der Waals surface area contributed by atoms with E-state index >= 15 is 0 Å². The van der Waals surface area contributed by atoms with Crippen molar-refractivity contribution < 1.29 is 4.74 Å². The maximum absolute atomic E-state index is 6.51. The lowest BCUT2D eigenvalue weighted by Gasteiger charge is -2.08. The summed E-state index contributed by atoms with van der Waals surface area (Å²) in [5, 5.41) is 8.60. The SMILES string of the molecule is COCCNc1nc(-c2ccccc2)c2c(N)n(-c3cccc(C)c3)nc2n1. The van der Waals surface area contributed by atoms with Crippen molar-refractivity contribution in [2.45, 2.75) is 6.92 Å². The fraction of sp³-hybridized carbons (Fsp3) is 0.190. The van der Waals surface area contributed by atoms with E-state index in [2.05, 4.69) is 15.4 Å². The molecular formula is C21H22N6O. The highest BCUT2D eigenvalue weighted by molar-refractivity contribution is 5.99. The molecule has 28 heavy (non-hydrogen) atoms. The van der Waals surface area contributed by atoms with Crippen LogP contribution in [0.5, 0.6) is 0 Å². The zero-order valence-electron chi connectivity index (χ0n) is 15.9. The van der Waals surface area contributed by atoms with E-state index in [1.807, 2.05) is 61.5 Å². The summed E-state index contributed by atoms with van der Waals surface area (Å²) in [6.45, 7) is 3.20. The van der Waals surface area contributed by atoms with Crippen molar-refractivity contribution >= 4 is 22.8 Å². The summed E-state index contributed by atoms with van der Waals surface area (Å²) in [5.74, 6) is 1.01. The van der Waals surface area contributed by atoms with Crippen LogP contribution in [-0.4, -0.2) is 40.0 Å². The molecule has 0 bridgehead atoms. The highest BCUT2D eigenvalue weighted by Gasteiger charge is 2.19. The van der Waals surface area contributed by atoms with Gasteiger partial charge in [0, 0.05) is 19.2 Å². The van der Waals surface area contributed by atoms with E-state index in [0.717, 1.165) is 27.9 Å². The summed E-state index contributed by atoms with van der Waals surface area (Å²) in [5.41, 5.74) is 10.8. The van der Waals surface area contributed by atoms with Gasteiger partial charge >= 0.3 is 0 Å². The number of aromatic nitrogens is 4. The van der Waals surface area contributed by atoms with Crippen LogP contribution in [-0.2, 0) is 4.74 Å². The van der Waals surface area contributed by atoms with Gasteiger partial charge in [-0.05, 0) is 24.6 Å². The Kier molecular flexibility index (Phi) is 4.90.